The van der Waals surface area contributed by atoms with Crippen LogP contribution in [0.5, 0.6) is 11.5 Å². The van der Waals surface area contributed by atoms with Gasteiger partial charge in [0, 0.05) is 0 Å². The number of carbonyl (C=O) groups is 1. The summed E-state index contributed by atoms with van der Waals surface area (Å²) in [6.07, 6.45) is 0.261. The first-order valence-corrected chi connectivity index (χ1v) is 8.05. The monoisotopic (exact) mass is 353 g/mol. The minimum absolute atomic E-state index is 0.132. The molecule has 3 aromatic rings. The van der Waals surface area contributed by atoms with E-state index in [4.69, 9.17) is 13.9 Å². The van der Waals surface area contributed by atoms with E-state index in [0.717, 1.165) is 11.3 Å². The number of amides is 1. The number of ether oxygens (including phenoxy) is 2. The van der Waals surface area contributed by atoms with E-state index < -0.39 is 0 Å². The van der Waals surface area contributed by atoms with Crippen molar-refractivity contribution in [1.29, 1.82) is 0 Å². The van der Waals surface area contributed by atoms with Crippen molar-refractivity contribution in [3.8, 4) is 23.0 Å². The summed E-state index contributed by atoms with van der Waals surface area (Å²) in [7, 11) is 3.18. The van der Waals surface area contributed by atoms with Crippen molar-refractivity contribution in [3.63, 3.8) is 0 Å². The lowest BCUT2D eigenvalue weighted by Crippen LogP contribution is -2.24. The number of rotatable bonds is 7. The van der Waals surface area contributed by atoms with Gasteiger partial charge in [0.05, 0.1) is 32.7 Å². The van der Waals surface area contributed by atoms with Crippen molar-refractivity contribution in [2.75, 3.05) is 14.2 Å². The highest BCUT2D eigenvalue weighted by atomic mass is 16.5. The molecule has 0 aliphatic rings. The van der Waals surface area contributed by atoms with E-state index in [-0.39, 0.29) is 18.9 Å². The standard InChI is InChI=1S/C19H19N3O4/c1-24-14-9-7-13(8-10-14)11-17(23)20-12-18-21-22-19(26-18)15-5-3-4-6-16(15)25-2/h3-10H,11-12H2,1-2H3,(H,20,23). The van der Waals surface area contributed by atoms with Crippen molar-refractivity contribution in [2.24, 2.45) is 0 Å². The molecule has 0 fully saturated rings. The molecule has 0 aliphatic carbocycles. The molecule has 1 aromatic heterocycles. The molecule has 0 unspecified atom stereocenters. The first-order chi connectivity index (χ1) is 12.7. The van der Waals surface area contributed by atoms with Crippen LogP contribution in [0.15, 0.2) is 52.9 Å². The van der Waals surface area contributed by atoms with Gasteiger partial charge in [0.25, 0.3) is 5.89 Å². The number of para-hydroxylation sites is 1. The maximum Gasteiger partial charge on any atom is 0.251 e. The Bertz CT molecular complexity index is 875. The third-order valence-electron chi connectivity index (χ3n) is 3.76. The molecular weight excluding hydrogens is 334 g/mol. The Morgan fingerprint density at radius 2 is 1.81 bits per heavy atom. The summed E-state index contributed by atoms with van der Waals surface area (Å²) >= 11 is 0. The van der Waals surface area contributed by atoms with E-state index in [9.17, 15) is 4.79 Å². The van der Waals surface area contributed by atoms with Gasteiger partial charge in [-0.1, -0.05) is 24.3 Å². The van der Waals surface area contributed by atoms with Gasteiger partial charge in [-0.2, -0.15) is 0 Å². The lowest BCUT2D eigenvalue weighted by molar-refractivity contribution is -0.120. The average molecular weight is 353 g/mol. The van der Waals surface area contributed by atoms with Crippen LogP contribution in [0.2, 0.25) is 0 Å². The third-order valence-corrected chi connectivity index (χ3v) is 3.76. The number of nitrogens with one attached hydrogen (secondary N) is 1. The molecule has 0 saturated carbocycles. The second kappa shape index (κ2) is 8.15. The summed E-state index contributed by atoms with van der Waals surface area (Å²) < 4.78 is 16.0. The number of methoxy groups -OCH3 is 2. The van der Waals surface area contributed by atoms with Crippen molar-refractivity contribution in [1.82, 2.24) is 15.5 Å². The zero-order valence-corrected chi connectivity index (χ0v) is 14.6. The number of nitrogens with zero attached hydrogens (tertiary/aromatic N) is 2. The van der Waals surface area contributed by atoms with Gasteiger partial charge in [-0.15, -0.1) is 10.2 Å². The highest BCUT2D eigenvalue weighted by molar-refractivity contribution is 5.78. The van der Waals surface area contributed by atoms with Gasteiger partial charge >= 0.3 is 0 Å². The Hall–Kier alpha value is -3.35. The number of carbonyl (C=O) groups excluding carboxylic acids is 1. The van der Waals surface area contributed by atoms with Crippen molar-refractivity contribution in [3.05, 3.63) is 60.0 Å². The molecule has 1 amide bonds. The molecule has 0 spiro atoms. The minimum atomic E-state index is -0.132. The van der Waals surface area contributed by atoms with Crippen LogP contribution in [0.1, 0.15) is 11.5 Å². The average Bonchev–Trinajstić information content (AvgIpc) is 3.16. The smallest absolute Gasteiger partial charge is 0.251 e. The molecule has 1 N–H and O–H groups in total. The fourth-order valence-electron chi connectivity index (χ4n) is 2.42. The van der Waals surface area contributed by atoms with Crippen molar-refractivity contribution >= 4 is 5.91 Å². The Balaban J connectivity index is 1.58. The molecule has 0 radical (unpaired) electrons. The maximum atomic E-state index is 12.1. The molecule has 7 nitrogen and oxygen atoms in total. The normalized spacial score (nSPS) is 10.4. The number of aromatic nitrogens is 2. The molecule has 0 atom stereocenters. The highest BCUT2D eigenvalue weighted by Crippen LogP contribution is 2.28. The van der Waals surface area contributed by atoms with Gasteiger partial charge in [0.2, 0.25) is 11.8 Å². The molecule has 0 bridgehead atoms. The predicted molar refractivity (Wildman–Crippen MR) is 94.8 cm³/mol. The summed E-state index contributed by atoms with van der Waals surface area (Å²) in [5, 5.41) is 10.8. The Morgan fingerprint density at radius 3 is 2.54 bits per heavy atom. The van der Waals surface area contributed by atoms with E-state index in [2.05, 4.69) is 15.5 Å². The fraction of sp³-hybridized carbons (Fsp3) is 0.211. The van der Waals surface area contributed by atoms with Crippen LogP contribution in [-0.2, 0) is 17.8 Å². The molecule has 0 saturated heterocycles. The molecule has 1 heterocycles. The van der Waals surface area contributed by atoms with Gasteiger partial charge in [-0.05, 0) is 29.8 Å². The van der Waals surface area contributed by atoms with Gasteiger partial charge < -0.3 is 19.2 Å². The van der Waals surface area contributed by atoms with Gasteiger partial charge in [-0.3, -0.25) is 4.79 Å². The van der Waals surface area contributed by atoms with Crippen LogP contribution in [0, 0.1) is 0 Å². The second-order valence-corrected chi connectivity index (χ2v) is 5.50. The lowest BCUT2D eigenvalue weighted by Gasteiger charge is -2.04. The molecule has 26 heavy (non-hydrogen) atoms. The summed E-state index contributed by atoms with van der Waals surface area (Å²) in [5.41, 5.74) is 1.60. The number of hydrogen-bond donors (Lipinski definition) is 1. The Kier molecular flexibility index (Phi) is 5.48. The van der Waals surface area contributed by atoms with Crippen molar-refractivity contribution < 1.29 is 18.7 Å². The van der Waals surface area contributed by atoms with E-state index in [0.29, 0.717) is 23.1 Å². The largest absolute Gasteiger partial charge is 0.497 e. The molecule has 3 rings (SSSR count). The zero-order chi connectivity index (χ0) is 18.4. The predicted octanol–water partition coefficient (Wildman–Crippen LogP) is 2.61. The summed E-state index contributed by atoms with van der Waals surface area (Å²) in [5.74, 6) is 1.94. The van der Waals surface area contributed by atoms with Crippen LogP contribution >= 0.6 is 0 Å². The molecule has 134 valence electrons. The topological polar surface area (TPSA) is 86.5 Å². The molecule has 0 aliphatic heterocycles. The van der Waals surface area contributed by atoms with Crippen LogP contribution in [-0.4, -0.2) is 30.3 Å². The molecule has 2 aromatic carbocycles. The molecular formula is C19H19N3O4. The fourth-order valence-corrected chi connectivity index (χ4v) is 2.42. The quantitative estimate of drug-likeness (QED) is 0.703. The van der Waals surface area contributed by atoms with Crippen LogP contribution in [0.4, 0.5) is 0 Å². The first kappa shape index (κ1) is 17.5. The number of benzene rings is 2. The van der Waals surface area contributed by atoms with E-state index in [1.807, 2.05) is 48.5 Å². The van der Waals surface area contributed by atoms with Crippen LogP contribution < -0.4 is 14.8 Å². The van der Waals surface area contributed by atoms with E-state index >= 15 is 0 Å². The summed E-state index contributed by atoms with van der Waals surface area (Å²) in [6.45, 7) is 0.164. The SMILES string of the molecule is COc1ccc(CC(=O)NCc2nnc(-c3ccccc3OC)o2)cc1. The minimum Gasteiger partial charge on any atom is -0.497 e. The van der Waals surface area contributed by atoms with Crippen LogP contribution in [0.3, 0.4) is 0 Å². The Morgan fingerprint density at radius 1 is 1.04 bits per heavy atom. The third kappa shape index (κ3) is 4.18. The highest BCUT2D eigenvalue weighted by Gasteiger charge is 2.13. The van der Waals surface area contributed by atoms with Gasteiger partial charge in [-0.25, -0.2) is 0 Å². The zero-order valence-electron chi connectivity index (χ0n) is 14.6. The Labute approximate surface area is 151 Å². The first-order valence-electron chi connectivity index (χ1n) is 8.05. The lowest BCUT2D eigenvalue weighted by atomic mass is 10.1. The van der Waals surface area contributed by atoms with Crippen LogP contribution in [0.25, 0.3) is 11.5 Å². The molecule has 7 heteroatoms. The van der Waals surface area contributed by atoms with Crippen molar-refractivity contribution in [2.45, 2.75) is 13.0 Å². The number of hydrogen-bond acceptors (Lipinski definition) is 6. The van der Waals surface area contributed by atoms with Gasteiger partial charge in [0.1, 0.15) is 11.5 Å². The second-order valence-electron chi connectivity index (χ2n) is 5.50. The van der Waals surface area contributed by atoms with E-state index in [1.165, 1.54) is 0 Å². The summed E-state index contributed by atoms with van der Waals surface area (Å²) in [4.78, 5) is 12.1. The van der Waals surface area contributed by atoms with E-state index in [1.54, 1.807) is 14.2 Å². The summed E-state index contributed by atoms with van der Waals surface area (Å²) in [6, 6.07) is 14.7. The maximum absolute atomic E-state index is 12.1. The van der Waals surface area contributed by atoms with Gasteiger partial charge in [0.15, 0.2) is 0 Å².